The van der Waals surface area contributed by atoms with Gasteiger partial charge in [0.2, 0.25) is 0 Å². The molecule has 1 fully saturated rings. The molecule has 114 valence electrons. The summed E-state index contributed by atoms with van der Waals surface area (Å²) < 4.78 is 83.7. The molecule has 2 aliphatic carbocycles. The number of rotatable bonds is 2. The summed E-state index contributed by atoms with van der Waals surface area (Å²) in [6, 6.07) is 0. The Bertz CT molecular complexity index is 436. The van der Waals surface area contributed by atoms with Crippen LogP contribution in [0, 0.1) is 11.3 Å². The van der Waals surface area contributed by atoms with Crippen LogP contribution in [0.2, 0.25) is 0 Å². The minimum atomic E-state index is -5.74. The Morgan fingerprint density at radius 1 is 1.20 bits per heavy atom. The normalized spacial score (nSPS) is 29.9. The van der Waals surface area contributed by atoms with Gasteiger partial charge in [0.25, 0.3) is 0 Å². The molecule has 0 aromatic rings. The quantitative estimate of drug-likeness (QED) is 0.441. The molecule has 0 heterocycles. The van der Waals surface area contributed by atoms with Gasteiger partial charge in [0.05, 0.1) is 0 Å². The molecule has 20 heavy (non-hydrogen) atoms. The van der Waals surface area contributed by atoms with E-state index >= 15 is 0 Å². The Balaban J connectivity index is 2.64. The van der Waals surface area contributed by atoms with Gasteiger partial charge in [0, 0.05) is 12.3 Å². The second-order valence-corrected chi connectivity index (χ2v) is 5.29. The van der Waals surface area contributed by atoms with Crippen molar-refractivity contribution in [3.05, 3.63) is 12.2 Å². The van der Waals surface area contributed by atoms with Crippen LogP contribution in [0.5, 0.6) is 0 Å². The second-order valence-electron chi connectivity index (χ2n) is 5.29. The summed E-state index contributed by atoms with van der Waals surface area (Å²) in [5, 5.41) is 0. The Morgan fingerprint density at radius 3 is 2.00 bits per heavy atom. The molecular formula is C12H12F6O2. The van der Waals surface area contributed by atoms with Crippen molar-refractivity contribution in [2.24, 2.45) is 11.3 Å². The molecule has 2 atom stereocenters. The molecule has 0 aliphatic heterocycles. The van der Waals surface area contributed by atoms with E-state index in [1.807, 2.05) is 0 Å². The van der Waals surface area contributed by atoms with Gasteiger partial charge in [-0.05, 0) is 25.2 Å². The summed E-state index contributed by atoms with van der Waals surface area (Å²) in [6.07, 6.45) is -9.59. The molecule has 0 aromatic heterocycles. The average molecular weight is 302 g/mol. The Morgan fingerprint density at radius 2 is 1.75 bits per heavy atom. The number of ether oxygens (including phenoxy) is 1. The van der Waals surface area contributed by atoms with Crippen LogP contribution in [0.4, 0.5) is 26.3 Å². The predicted molar refractivity (Wildman–Crippen MR) is 55.5 cm³/mol. The number of hydrogen-bond acceptors (Lipinski definition) is 2. The molecule has 2 unspecified atom stereocenters. The van der Waals surface area contributed by atoms with Gasteiger partial charge in [-0.2, -0.15) is 26.3 Å². The Kier molecular flexibility index (Phi) is 3.15. The number of fused-ring (bicyclic) bond motifs is 2. The van der Waals surface area contributed by atoms with Crippen LogP contribution in [0.3, 0.4) is 0 Å². The molecule has 0 radical (unpaired) electrons. The van der Waals surface area contributed by atoms with E-state index in [2.05, 4.69) is 4.74 Å². The summed E-state index contributed by atoms with van der Waals surface area (Å²) in [5.41, 5.74) is -6.72. The van der Waals surface area contributed by atoms with Crippen LogP contribution in [-0.4, -0.2) is 23.9 Å². The van der Waals surface area contributed by atoms with E-state index in [9.17, 15) is 31.1 Å². The van der Waals surface area contributed by atoms with Gasteiger partial charge in [0.15, 0.2) is 0 Å². The number of carbonyl (C=O) groups excluding carboxylic acids is 1. The van der Waals surface area contributed by atoms with Crippen LogP contribution in [0.15, 0.2) is 12.2 Å². The zero-order valence-corrected chi connectivity index (χ0v) is 10.4. The molecule has 1 saturated carbocycles. The van der Waals surface area contributed by atoms with Crippen LogP contribution < -0.4 is 0 Å². The second kappa shape index (κ2) is 4.14. The maximum Gasteiger partial charge on any atom is 0.438 e. The highest BCUT2D eigenvalue weighted by Crippen LogP contribution is 2.65. The first-order valence-corrected chi connectivity index (χ1v) is 5.98. The van der Waals surface area contributed by atoms with Gasteiger partial charge < -0.3 is 4.74 Å². The van der Waals surface area contributed by atoms with E-state index in [4.69, 9.17) is 0 Å². The third-order valence-electron chi connectivity index (χ3n) is 4.07. The van der Waals surface area contributed by atoms with Crippen molar-refractivity contribution in [1.29, 1.82) is 0 Å². The van der Waals surface area contributed by atoms with Crippen molar-refractivity contribution in [3.63, 3.8) is 0 Å². The highest BCUT2D eigenvalue weighted by molar-refractivity contribution is 5.67. The maximum atomic E-state index is 13.3. The number of allylic oxidation sites excluding steroid dienone is 1. The van der Waals surface area contributed by atoms with E-state index in [0.717, 1.165) is 6.08 Å². The zero-order chi connectivity index (χ0) is 15.4. The van der Waals surface area contributed by atoms with Crippen LogP contribution in [0.25, 0.3) is 0 Å². The van der Waals surface area contributed by atoms with Crippen molar-refractivity contribution >= 4 is 5.97 Å². The predicted octanol–water partition coefficient (Wildman–Crippen LogP) is 3.77. The summed E-state index contributed by atoms with van der Waals surface area (Å²) in [4.78, 5) is 10.9. The summed E-state index contributed by atoms with van der Waals surface area (Å²) in [5.74, 6) is -1.92. The lowest BCUT2D eigenvalue weighted by Crippen LogP contribution is -2.67. The van der Waals surface area contributed by atoms with Gasteiger partial charge in [-0.25, -0.2) is 0 Å². The molecule has 0 amide bonds. The van der Waals surface area contributed by atoms with Crippen LogP contribution in [0.1, 0.15) is 26.2 Å². The van der Waals surface area contributed by atoms with E-state index in [1.54, 1.807) is 0 Å². The first-order valence-electron chi connectivity index (χ1n) is 5.98. The molecule has 0 saturated heterocycles. The Labute approximate surface area is 110 Å². The van der Waals surface area contributed by atoms with E-state index in [-0.39, 0.29) is 25.2 Å². The van der Waals surface area contributed by atoms with E-state index < -0.39 is 29.3 Å². The van der Waals surface area contributed by atoms with Crippen molar-refractivity contribution in [3.8, 4) is 0 Å². The molecular weight excluding hydrogens is 290 g/mol. The smallest absolute Gasteiger partial charge is 0.438 e. The third kappa shape index (κ3) is 1.83. The van der Waals surface area contributed by atoms with Gasteiger partial charge in [-0.15, -0.1) is 0 Å². The monoisotopic (exact) mass is 302 g/mol. The maximum absolute atomic E-state index is 13.3. The number of hydrogen-bond donors (Lipinski definition) is 0. The van der Waals surface area contributed by atoms with E-state index in [1.165, 1.54) is 6.08 Å². The Hall–Kier alpha value is -1.21. The lowest BCUT2D eigenvalue weighted by molar-refractivity contribution is -0.396. The molecule has 2 rings (SSSR count). The molecule has 2 bridgehead atoms. The van der Waals surface area contributed by atoms with Gasteiger partial charge in [-0.3, -0.25) is 4.79 Å². The van der Waals surface area contributed by atoms with Gasteiger partial charge >= 0.3 is 23.9 Å². The highest BCUT2D eigenvalue weighted by atomic mass is 19.4. The molecule has 0 N–H and O–H groups in total. The first kappa shape index (κ1) is 15.2. The fourth-order valence-electron chi connectivity index (χ4n) is 3.35. The molecule has 2 nitrogen and oxygen atoms in total. The van der Waals surface area contributed by atoms with Crippen molar-refractivity contribution in [2.75, 3.05) is 0 Å². The molecule has 2 aliphatic rings. The third-order valence-corrected chi connectivity index (χ3v) is 4.07. The molecule has 0 aromatic carbocycles. The highest BCUT2D eigenvalue weighted by Gasteiger charge is 2.83. The van der Waals surface area contributed by atoms with Crippen LogP contribution in [-0.2, 0) is 9.53 Å². The minimum Gasteiger partial charge on any atom is -0.439 e. The first-order chi connectivity index (χ1) is 8.95. The number of halogens is 6. The van der Waals surface area contributed by atoms with Crippen molar-refractivity contribution in [1.82, 2.24) is 0 Å². The van der Waals surface area contributed by atoms with E-state index in [0.29, 0.717) is 6.92 Å². The molecule has 0 spiro atoms. The van der Waals surface area contributed by atoms with Crippen molar-refractivity contribution < 1.29 is 35.9 Å². The number of carbonyl (C=O) groups is 1. The molecule has 8 heteroatoms. The number of alkyl halides is 6. The summed E-state index contributed by atoms with van der Waals surface area (Å²) in [7, 11) is 0. The summed E-state index contributed by atoms with van der Waals surface area (Å²) >= 11 is 0. The van der Waals surface area contributed by atoms with Gasteiger partial charge in [0.1, 0.15) is 0 Å². The lowest BCUT2D eigenvalue weighted by atomic mass is 9.69. The SMILES string of the molecule is CC(=O)OC(C(F)(F)F)(C(F)(F)F)C12C=CC(CC1)C2. The minimum absolute atomic E-state index is 0.228. The zero-order valence-electron chi connectivity index (χ0n) is 10.4. The standard InChI is InChI=1S/C12H12F6O2/c1-7(19)20-10(11(13,14)15,12(16,17)18)9-4-2-8(6-9)3-5-9/h2,4,8H,3,5-6H2,1H3. The van der Waals surface area contributed by atoms with Crippen LogP contribution >= 0.6 is 0 Å². The lowest BCUT2D eigenvalue weighted by Gasteiger charge is -2.46. The average Bonchev–Trinajstić information content (AvgIpc) is 2.82. The van der Waals surface area contributed by atoms with Gasteiger partial charge in [-0.1, -0.05) is 12.2 Å². The topological polar surface area (TPSA) is 26.3 Å². The number of esters is 1. The fourth-order valence-corrected chi connectivity index (χ4v) is 3.35. The summed E-state index contributed by atoms with van der Waals surface area (Å²) in [6.45, 7) is 0.550. The largest absolute Gasteiger partial charge is 0.439 e. The van der Waals surface area contributed by atoms with Crippen molar-refractivity contribution in [2.45, 2.75) is 44.1 Å². The fraction of sp³-hybridized carbons (Fsp3) is 0.750.